The van der Waals surface area contributed by atoms with Gasteiger partial charge >= 0.3 is 0 Å². The quantitative estimate of drug-likeness (QED) is 0.564. The van der Waals surface area contributed by atoms with Crippen molar-refractivity contribution in [3.05, 3.63) is 59.0 Å². The van der Waals surface area contributed by atoms with Crippen LogP contribution in [0.25, 0.3) is 5.65 Å². The summed E-state index contributed by atoms with van der Waals surface area (Å²) in [5.74, 6) is 1.02. The Hall–Kier alpha value is -2.77. The lowest BCUT2D eigenvalue weighted by atomic mass is 9.91. The number of carbonyl (C=O) groups excluding carboxylic acids is 1. The van der Waals surface area contributed by atoms with Crippen LogP contribution in [0.4, 0.5) is 0 Å². The molecule has 3 rings (SSSR count). The molecule has 2 aromatic heterocycles. The van der Waals surface area contributed by atoms with Crippen molar-refractivity contribution in [2.75, 3.05) is 41.4 Å². The minimum atomic E-state index is -0.262. The molecule has 0 saturated heterocycles. The van der Waals surface area contributed by atoms with Gasteiger partial charge in [0.2, 0.25) is 5.91 Å². The van der Waals surface area contributed by atoms with Gasteiger partial charge in [0.15, 0.2) is 0 Å². The van der Waals surface area contributed by atoms with E-state index in [2.05, 4.69) is 10.3 Å². The molecule has 0 aliphatic rings. The molecule has 0 spiro atoms. The van der Waals surface area contributed by atoms with Crippen LogP contribution in [0.15, 0.2) is 42.7 Å². The fourth-order valence-corrected chi connectivity index (χ4v) is 3.49. The van der Waals surface area contributed by atoms with Crippen molar-refractivity contribution in [1.29, 1.82) is 0 Å². The van der Waals surface area contributed by atoms with Crippen LogP contribution in [0, 0.1) is 0 Å². The van der Waals surface area contributed by atoms with Crippen molar-refractivity contribution in [1.82, 2.24) is 19.6 Å². The minimum Gasteiger partial charge on any atom is -0.497 e. The molecule has 7 nitrogen and oxygen atoms in total. The zero-order valence-corrected chi connectivity index (χ0v) is 18.4. The number of nitrogens with one attached hydrogen (secondary N) is 1. The van der Waals surface area contributed by atoms with Gasteiger partial charge in [0.1, 0.15) is 17.1 Å². The molecular formula is C22H27ClN4O3. The van der Waals surface area contributed by atoms with Crippen LogP contribution in [-0.2, 0) is 4.79 Å². The number of carbonyl (C=O) groups is 1. The number of halogens is 1. The molecule has 1 amide bonds. The van der Waals surface area contributed by atoms with Crippen molar-refractivity contribution >= 4 is 23.2 Å². The number of hydrogen-bond acceptors (Lipinski definition) is 5. The molecule has 2 heterocycles. The van der Waals surface area contributed by atoms with Crippen molar-refractivity contribution in [2.24, 2.45) is 0 Å². The number of nitrogens with zero attached hydrogens (tertiary/aromatic N) is 3. The van der Waals surface area contributed by atoms with E-state index in [1.54, 1.807) is 26.5 Å². The fraction of sp³-hybridized carbons (Fsp3) is 0.364. The number of imidazole rings is 1. The SMILES string of the molecule is COc1cc(OC)cc(C(CC(=O)NCCN(C)C)c2cnc3ccc(Cl)cn23)c1. The van der Waals surface area contributed by atoms with Crippen LogP contribution in [-0.4, -0.2) is 61.6 Å². The van der Waals surface area contributed by atoms with E-state index in [9.17, 15) is 4.79 Å². The molecule has 0 aliphatic carbocycles. The Morgan fingerprint density at radius 3 is 2.53 bits per heavy atom. The molecule has 0 fully saturated rings. The summed E-state index contributed by atoms with van der Waals surface area (Å²) in [6.45, 7) is 1.35. The number of pyridine rings is 1. The van der Waals surface area contributed by atoms with Gasteiger partial charge in [-0.1, -0.05) is 11.6 Å². The maximum atomic E-state index is 12.8. The van der Waals surface area contributed by atoms with Gasteiger partial charge in [-0.05, 0) is 43.9 Å². The van der Waals surface area contributed by atoms with E-state index in [1.165, 1.54) is 0 Å². The van der Waals surface area contributed by atoms with Gasteiger partial charge in [-0.2, -0.15) is 0 Å². The third kappa shape index (κ3) is 5.23. The largest absolute Gasteiger partial charge is 0.497 e. The number of fused-ring (bicyclic) bond motifs is 1. The summed E-state index contributed by atoms with van der Waals surface area (Å²) >= 11 is 6.22. The number of aromatic nitrogens is 2. The smallest absolute Gasteiger partial charge is 0.221 e. The first kappa shape index (κ1) is 21.9. The molecule has 160 valence electrons. The average molecular weight is 431 g/mol. The average Bonchev–Trinajstić information content (AvgIpc) is 3.14. The summed E-state index contributed by atoms with van der Waals surface area (Å²) in [6.07, 6.45) is 3.85. The minimum absolute atomic E-state index is 0.0411. The molecule has 0 aliphatic heterocycles. The van der Waals surface area contributed by atoms with Gasteiger partial charge in [-0.3, -0.25) is 4.79 Å². The molecule has 1 unspecified atom stereocenters. The highest BCUT2D eigenvalue weighted by molar-refractivity contribution is 6.30. The van der Waals surface area contributed by atoms with E-state index in [0.717, 1.165) is 23.4 Å². The van der Waals surface area contributed by atoms with Gasteiger partial charge in [0.25, 0.3) is 0 Å². The molecule has 0 radical (unpaired) electrons. The normalized spacial score (nSPS) is 12.2. The molecular weight excluding hydrogens is 404 g/mol. The predicted octanol–water partition coefficient (Wildman–Crippen LogP) is 3.20. The van der Waals surface area contributed by atoms with Gasteiger partial charge in [-0.25, -0.2) is 4.98 Å². The predicted molar refractivity (Wildman–Crippen MR) is 118 cm³/mol. The van der Waals surface area contributed by atoms with Crippen molar-refractivity contribution in [2.45, 2.75) is 12.3 Å². The Labute approximate surface area is 181 Å². The molecule has 0 bridgehead atoms. The Morgan fingerprint density at radius 1 is 1.20 bits per heavy atom. The van der Waals surface area contributed by atoms with E-state index in [0.29, 0.717) is 23.1 Å². The number of hydrogen-bond donors (Lipinski definition) is 1. The monoisotopic (exact) mass is 430 g/mol. The Kier molecular flexibility index (Phi) is 7.18. The third-order valence-electron chi connectivity index (χ3n) is 4.90. The van der Waals surface area contributed by atoms with Crippen molar-refractivity contribution in [3.8, 4) is 11.5 Å². The third-order valence-corrected chi connectivity index (χ3v) is 5.13. The van der Waals surface area contributed by atoms with Crippen LogP contribution < -0.4 is 14.8 Å². The highest BCUT2D eigenvalue weighted by Gasteiger charge is 2.23. The van der Waals surface area contributed by atoms with Gasteiger partial charge in [0, 0.05) is 43.9 Å². The maximum Gasteiger partial charge on any atom is 0.221 e. The summed E-state index contributed by atoms with van der Waals surface area (Å²) in [7, 11) is 7.16. The second-order valence-electron chi connectivity index (χ2n) is 7.31. The first-order valence-electron chi connectivity index (χ1n) is 9.68. The lowest BCUT2D eigenvalue weighted by Gasteiger charge is -2.19. The van der Waals surface area contributed by atoms with Crippen molar-refractivity contribution in [3.63, 3.8) is 0 Å². The number of likely N-dealkylation sites (N-methyl/N-ethyl adjacent to an activating group) is 1. The first-order valence-corrected chi connectivity index (χ1v) is 10.1. The molecule has 0 saturated carbocycles. The molecule has 1 aromatic carbocycles. The lowest BCUT2D eigenvalue weighted by Crippen LogP contribution is -2.32. The summed E-state index contributed by atoms with van der Waals surface area (Å²) in [5, 5.41) is 3.59. The van der Waals surface area contributed by atoms with E-state index in [-0.39, 0.29) is 18.2 Å². The van der Waals surface area contributed by atoms with Crippen LogP contribution in [0.5, 0.6) is 11.5 Å². The summed E-state index contributed by atoms with van der Waals surface area (Å²) in [5.41, 5.74) is 2.53. The number of rotatable bonds is 9. The second-order valence-corrected chi connectivity index (χ2v) is 7.75. The Bertz CT molecular complexity index is 997. The highest BCUT2D eigenvalue weighted by Crippen LogP contribution is 2.34. The number of methoxy groups -OCH3 is 2. The Morgan fingerprint density at radius 2 is 1.90 bits per heavy atom. The summed E-state index contributed by atoms with van der Waals surface area (Å²) in [6, 6.07) is 9.30. The van der Waals surface area contributed by atoms with E-state index < -0.39 is 0 Å². The molecule has 1 N–H and O–H groups in total. The van der Waals surface area contributed by atoms with E-state index >= 15 is 0 Å². The molecule has 3 aromatic rings. The zero-order valence-electron chi connectivity index (χ0n) is 17.7. The number of amides is 1. The maximum absolute atomic E-state index is 12.8. The summed E-state index contributed by atoms with van der Waals surface area (Å²) in [4.78, 5) is 19.3. The van der Waals surface area contributed by atoms with Crippen LogP contribution >= 0.6 is 11.6 Å². The Balaban J connectivity index is 2.00. The van der Waals surface area contributed by atoms with Gasteiger partial charge in [0.05, 0.1) is 24.9 Å². The summed E-state index contributed by atoms with van der Waals surface area (Å²) < 4.78 is 12.8. The van der Waals surface area contributed by atoms with Gasteiger partial charge in [-0.15, -0.1) is 0 Å². The number of ether oxygens (including phenoxy) is 2. The van der Waals surface area contributed by atoms with E-state index in [4.69, 9.17) is 21.1 Å². The first-order chi connectivity index (χ1) is 14.4. The standard InChI is InChI=1S/C22H27ClN4O3/c1-26(2)8-7-24-22(28)12-19(15-9-17(29-3)11-18(10-15)30-4)20-13-25-21-6-5-16(23)14-27(20)21/h5-6,9-11,13-14,19H,7-8,12H2,1-4H3,(H,24,28). The lowest BCUT2D eigenvalue weighted by molar-refractivity contribution is -0.121. The van der Waals surface area contributed by atoms with Crippen LogP contribution in [0.3, 0.4) is 0 Å². The zero-order chi connectivity index (χ0) is 21.7. The van der Waals surface area contributed by atoms with Gasteiger partial charge < -0.3 is 24.1 Å². The number of benzene rings is 1. The highest BCUT2D eigenvalue weighted by atomic mass is 35.5. The topological polar surface area (TPSA) is 68.1 Å². The molecule has 1 atom stereocenters. The van der Waals surface area contributed by atoms with Crippen LogP contribution in [0.1, 0.15) is 23.6 Å². The fourth-order valence-electron chi connectivity index (χ4n) is 3.33. The molecule has 30 heavy (non-hydrogen) atoms. The molecule has 8 heteroatoms. The van der Waals surface area contributed by atoms with Crippen molar-refractivity contribution < 1.29 is 14.3 Å². The van der Waals surface area contributed by atoms with Crippen LogP contribution in [0.2, 0.25) is 5.02 Å². The van der Waals surface area contributed by atoms with E-state index in [1.807, 2.05) is 53.9 Å². The second kappa shape index (κ2) is 9.82.